The van der Waals surface area contributed by atoms with Gasteiger partial charge in [0, 0.05) is 0 Å². The summed E-state index contributed by atoms with van der Waals surface area (Å²) in [5.41, 5.74) is 1.51. The Bertz CT molecular complexity index is 135. The van der Waals surface area contributed by atoms with Gasteiger partial charge in [-0.2, -0.15) is 0 Å². The minimum Gasteiger partial charge on any atom is -0.0999 e. The van der Waals surface area contributed by atoms with Crippen LogP contribution in [-0.2, 0) is 0 Å². The molecule has 70 valence electrons. The third-order valence-electron chi connectivity index (χ3n) is 2.94. The van der Waals surface area contributed by atoms with Crippen molar-refractivity contribution in [3.63, 3.8) is 0 Å². The number of rotatable bonds is 3. The Kier molecular flexibility index (Phi) is 4.42. The van der Waals surface area contributed by atoms with Crippen LogP contribution < -0.4 is 0 Å². The van der Waals surface area contributed by atoms with Gasteiger partial charge in [0.15, 0.2) is 0 Å². The molecule has 0 spiro atoms. The molecule has 1 aliphatic rings. The molecule has 12 heavy (non-hydrogen) atoms. The fourth-order valence-electron chi connectivity index (χ4n) is 2.16. The van der Waals surface area contributed by atoms with E-state index in [1.165, 1.54) is 56.9 Å². The van der Waals surface area contributed by atoms with Crippen LogP contribution in [0.4, 0.5) is 0 Å². The van der Waals surface area contributed by atoms with Crippen LogP contribution in [0, 0.1) is 5.92 Å². The number of hydrogen-bond acceptors (Lipinski definition) is 0. The monoisotopic (exact) mass is 166 g/mol. The lowest BCUT2D eigenvalue weighted by molar-refractivity contribution is 0.434. The fourth-order valence-corrected chi connectivity index (χ4v) is 2.16. The Balaban J connectivity index is 2.26. The summed E-state index contributed by atoms with van der Waals surface area (Å²) in [6.45, 7) is 6.42. The van der Waals surface area contributed by atoms with E-state index in [0.717, 1.165) is 5.92 Å². The first-order chi connectivity index (χ1) is 5.83. The summed E-state index contributed by atoms with van der Waals surface area (Å²) >= 11 is 0. The van der Waals surface area contributed by atoms with Crippen LogP contribution in [0.3, 0.4) is 0 Å². The van der Waals surface area contributed by atoms with Crippen molar-refractivity contribution in [2.24, 2.45) is 5.92 Å². The van der Waals surface area contributed by atoms with Gasteiger partial charge in [-0.15, -0.1) is 0 Å². The zero-order valence-electron chi connectivity index (χ0n) is 8.44. The van der Waals surface area contributed by atoms with Crippen LogP contribution in [0.5, 0.6) is 0 Å². The standard InChI is InChI=1S/C12H22/c1-3-4-8-12-9-6-5-7-11(2)10-12/h12H,2-10H2,1H3. The molecule has 0 bridgehead atoms. The largest absolute Gasteiger partial charge is 0.0999 e. The molecule has 0 aromatic rings. The van der Waals surface area contributed by atoms with Gasteiger partial charge in [-0.3, -0.25) is 0 Å². The second kappa shape index (κ2) is 5.40. The summed E-state index contributed by atoms with van der Waals surface area (Å²) in [4.78, 5) is 0. The maximum atomic E-state index is 4.13. The van der Waals surface area contributed by atoms with E-state index in [4.69, 9.17) is 0 Å². The van der Waals surface area contributed by atoms with E-state index in [-0.39, 0.29) is 0 Å². The minimum absolute atomic E-state index is 0.972. The Hall–Kier alpha value is -0.260. The van der Waals surface area contributed by atoms with E-state index in [2.05, 4.69) is 13.5 Å². The summed E-state index contributed by atoms with van der Waals surface area (Å²) in [5, 5.41) is 0. The van der Waals surface area contributed by atoms with Gasteiger partial charge in [0.1, 0.15) is 0 Å². The lowest BCUT2D eigenvalue weighted by Crippen LogP contribution is -1.98. The maximum absolute atomic E-state index is 4.13. The molecule has 1 rings (SSSR count). The molecule has 0 heterocycles. The van der Waals surface area contributed by atoms with E-state index in [1.54, 1.807) is 0 Å². The zero-order valence-corrected chi connectivity index (χ0v) is 8.44. The van der Waals surface area contributed by atoms with Crippen LogP contribution in [0.2, 0.25) is 0 Å². The topological polar surface area (TPSA) is 0 Å². The first-order valence-corrected chi connectivity index (χ1v) is 5.49. The summed E-state index contributed by atoms with van der Waals surface area (Å²) in [5.74, 6) is 0.972. The van der Waals surface area contributed by atoms with E-state index in [9.17, 15) is 0 Å². The van der Waals surface area contributed by atoms with E-state index in [1.807, 2.05) is 0 Å². The molecular weight excluding hydrogens is 144 g/mol. The van der Waals surface area contributed by atoms with Crippen LogP contribution in [0.1, 0.15) is 58.3 Å². The smallest absolute Gasteiger partial charge is 0.0294 e. The summed E-state index contributed by atoms with van der Waals surface area (Å²) in [7, 11) is 0. The van der Waals surface area contributed by atoms with Crippen LogP contribution in [0.15, 0.2) is 12.2 Å². The van der Waals surface area contributed by atoms with Crippen LogP contribution in [0.25, 0.3) is 0 Å². The Labute approximate surface area is 77.1 Å². The average molecular weight is 166 g/mol. The Morgan fingerprint density at radius 2 is 2.25 bits per heavy atom. The van der Waals surface area contributed by atoms with E-state index < -0.39 is 0 Å². The normalized spacial score (nSPS) is 25.4. The molecule has 0 heteroatoms. The number of allylic oxidation sites excluding steroid dienone is 1. The number of unbranched alkanes of at least 4 members (excludes halogenated alkanes) is 1. The molecule has 1 unspecified atom stereocenters. The Morgan fingerprint density at radius 3 is 3.00 bits per heavy atom. The lowest BCUT2D eigenvalue weighted by Gasteiger charge is -2.13. The van der Waals surface area contributed by atoms with Gasteiger partial charge in [-0.25, -0.2) is 0 Å². The highest BCUT2D eigenvalue weighted by Crippen LogP contribution is 2.29. The third kappa shape index (κ3) is 3.42. The first-order valence-electron chi connectivity index (χ1n) is 5.49. The molecule has 1 fully saturated rings. The van der Waals surface area contributed by atoms with Crippen molar-refractivity contribution < 1.29 is 0 Å². The molecule has 1 aliphatic carbocycles. The van der Waals surface area contributed by atoms with Gasteiger partial charge in [0.05, 0.1) is 0 Å². The zero-order chi connectivity index (χ0) is 8.81. The maximum Gasteiger partial charge on any atom is -0.0294 e. The van der Waals surface area contributed by atoms with Gasteiger partial charge in [0.2, 0.25) is 0 Å². The molecule has 1 saturated carbocycles. The molecule has 0 N–H and O–H groups in total. The summed E-state index contributed by atoms with van der Waals surface area (Å²) in [6.07, 6.45) is 11.1. The molecule has 0 aromatic heterocycles. The molecule has 0 aromatic carbocycles. The van der Waals surface area contributed by atoms with Crippen molar-refractivity contribution >= 4 is 0 Å². The molecule has 0 radical (unpaired) electrons. The van der Waals surface area contributed by atoms with Crippen molar-refractivity contribution in [2.45, 2.75) is 58.3 Å². The fraction of sp³-hybridized carbons (Fsp3) is 0.833. The van der Waals surface area contributed by atoms with Gasteiger partial charge in [0.25, 0.3) is 0 Å². The van der Waals surface area contributed by atoms with Crippen molar-refractivity contribution in [3.05, 3.63) is 12.2 Å². The highest BCUT2D eigenvalue weighted by atomic mass is 14.2. The predicted octanol–water partition coefficient (Wildman–Crippen LogP) is 4.31. The lowest BCUT2D eigenvalue weighted by atomic mass is 9.93. The van der Waals surface area contributed by atoms with Crippen molar-refractivity contribution in [1.29, 1.82) is 0 Å². The van der Waals surface area contributed by atoms with E-state index >= 15 is 0 Å². The van der Waals surface area contributed by atoms with E-state index in [0.29, 0.717) is 0 Å². The van der Waals surface area contributed by atoms with Crippen LogP contribution in [-0.4, -0.2) is 0 Å². The average Bonchev–Trinajstić information content (AvgIpc) is 2.26. The SMILES string of the molecule is C=C1CCCCC(CCCC)C1. The highest BCUT2D eigenvalue weighted by molar-refractivity contribution is 4.97. The summed E-state index contributed by atoms with van der Waals surface area (Å²) in [6, 6.07) is 0. The highest BCUT2D eigenvalue weighted by Gasteiger charge is 2.13. The third-order valence-corrected chi connectivity index (χ3v) is 2.94. The Morgan fingerprint density at radius 1 is 1.42 bits per heavy atom. The quantitative estimate of drug-likeness (QED) is 0.433. The molecule has 0 amide bonds. The van der Waals surface area contributed by atoms with Gasteiger partial charge < -0.3 is 0 Å². The molecule has 0 aliphatic heterocycles. The minimum atomic E-state index is 0.972. The van der Waals surface area contributed by atoms with Crippen molar-refractivity contribution in [1.82, 2.24) is 0 Å². The van der Waals surface area contributed by atoms with Crippen LogP contribution >= 0.6 is 0 Å². The second-order valence-electron chi connectivity index (χ2n) is 4.21. The summed E-state index contributed by atoms with van der Waals surface area (Å²) < 4.78 is 0. The van der Waals surface area contributed by atoms with Crippen molar-refractivity contribution in [3.8, 4) is 0 Å². The van der Waals surface area contributed by atoms with Gasteiger partial charge >= 0.3 is 0 Å². The molecular formula is C12H22. The second-order valence-corrected chi connectivity index (χ2v) is 4.21. The van der Waals surface area contributed by atoms with Gasteiger partial charge in [-0.05, 0) is 25.2 Å². The molecule has 1 atom stereocenters. The molecule has 0 saturated heterocycles. The van der Waals surface area contributed by atoms with Gasteiger partial charge in [-0.1, -0.05) is 51.2 Å². The first kappa shape index (κ1) is 9.83. The number of hydrogen-bond donors (Lipinski definition) is 0. The molecule has 0 nitrogen and oxygen atoms in total. The van der Waals surface area contributed by atoms with Crippen molar-refractivity contribution in [2.75, 3.05) is 0 Å². The predicted molar refractivity (Wildman–Crippen MR) is 55.2 cm³/mol.